The van der Waals surface area contributed by atoms with Crippen molar-refractivity contribution in [1.29, 1.82) is 5.26 Å². The number of rotatable bonds is 2. The molecule has 0 radical (unpaired) electrons. The summed E-state index contributed by atoms with van der Waals surface area (Å²) in [5, 5.41) is 8.76. The zero-order valence-electron chi connectivity index (χ0n) is 9.23. The molecule has 0 N–H and O–H groups in total. The number of ether oxygens (including phenoxy) is 2. The van der Waals surface area contributed by atoms with Crippen LogP contribution in [0.15, 0.2) is 11.6 Å². The van der Waals surface area contributed by atoms with Gasteiger partial charge in [-0.2, -0.15) is 5.26 Å². The van der Waals surface area contributed by atoms with Gasteiger partial charge in [0.25, 0.3) is 0 Å². The summed E-state index contributed by atoms with van der Waals surface area (Å²) in [7, 11) is 2.54. The van der Waals surface area contributed by atoms with E-state index in [1.54, 1.807) is 6.08 Å². The van der Waals surface area contributed by atoms with Crippen molar-refractivity contribution in [2.75, 3.05) is 14.2 Å². The minimum absolute atomic E-state index is 0.239. The number of hydrogen-bond donors (Lipinski definition) is 0. The molecule has 1 aliphatic carbocycles. The van der Waals surface area contributed by atoms with Crippen molar-refractivity contribution in [2.24, 2.45) is 11.8 Å². The van der Waals surface area contributed by atoms with E-state index in [1.165, 1.54) is 14.2 Å². The first-order valence-corrected chi connectivity index (χ1v) is 4.88. The van der Waals surface area contributed by atoms with E-state index in [4.69, 9.17) is 5.26 Å². The first-order chi connectivity index (χ1) is 7.63. The van der Waals surface area contributed by atoms with Gasteiger partial charge in [0.05, 0.1) is 32.1 Å². The van der Waals surface area contributed by atoms with Gasteiger partial charge in [0, 0.05) is 5.57 Å². The largest absolute Gasteiger partial charge is 0.469 e. The lowest BCUT2D eigenvalue weighted by Crippen LogP contribution is -2.33. The molecule has 0 amide bonds. The van der Waals surface area contributed by atoms with E-state index in [-0.39, 0.29) is 6.42 Å². The first-order valence-electron chi connectivity index (χ1n) is 4.88. The number of carbonyl (C=O) groups is 2. The van der Waals surface area contributed by atoms with Crippen LogP contribution in [0.5, 0.6) is 0 Å². The topological polar surface area (TPSA) is 76.4 Å². The quantitative estimate of drug-likeness (QED) is 0.647. The SMILES string of the molecule is COC(=O)C1CC=C(C#N)CC1C(=O)OC. The maximum atomic E-state index is 11.5. The Hall–Kier alpha value is -1.83. The molecule has 0 spiro atoms. The van der Waals surface area contributed by atoms with Crippen LogP contribution in [0.4, 0.5) is 0 Å². The Kier molecular flexibility index (Phi) is 4.06. The van der Waals surface area contributed by atoms with E-state index in [0.29, 0.717) is 12.0 Å². The third kappa shape index (κ3) is 2.40. The van der Waals surface area contributed by atoms with Crippen molar-refractivity contribution in [3.8, 4) is 6.07 Å². The lowest BCUT2D eigenvalue weighted by atomic mass is 9.80. The third-order valence-corrected chi connectivity index (χ3v) is 2.70. The molecule has 0 saturated heterocycles. The molecule has 0 bridgehead atoms. The molecule has 2 unspecified atom stereocenters. The number of nitrogens with zero attached hydrogens (tertiary/aromatic N) is 1. The van der Waals surface area contributed by atoms with Gasteiger partial charge >= 0.3 is 11.9 Å². The number of allylic oxidation sites excluding steroid dienone is 2. The normalized spacial score (nSPS) is 23.9. The van der Waals surface area contributed by atoms with Crippen molar-refractivity contribution in [1.82, 2.24) is 0 Å². The molecule has 0 aliphatic heterocycles. The fourth-order valence-electron chi connectivity index (χ4n) is 1.80. The molecule has 0 aromatic heterocycles. The summed E-state index contributed by atoms with van der Waals surface area (Å²) in [5.41, 5.74) is 0.510. The second-order valence-corrected chi connectivity index (χ2v) is 3.54. The molecule has 5 nitrogen and oxygen atoms in total. The van der Waals surface area contributed by atoms with Crippen molar-refractivity contribution >= 4 is 11.9 Å². The lowest BCUT2D eigenvalue weighted by molar-refractivity contribution is -0.157. The third-order valence-electron chi connectivity index (χ3n) is 2.70. The molecule has 0 saturated carbocycles. The highest BCUT2D eigenvalue weighted by molar-refractivity contribution is 5.83. The smallest absolute Gasteiger partial charge is 0.309 e. The number of hydrogen-bond acceptors (Lipinski definition) is 5. The van der Waals surface area contributed by atoms with Crippen LogP contribution in [0.2, 0.25) is 0 Å². The predicted octanol–water partition coefficient (Wildman–Crippen LogP) is 0.809. The van der Waals surface area contributed by atoms with Gasteiger partial charge in [0.1, 0.15) is 0 Å². The summed E-state index contributed by atoms with van der Waals surface area (Å²) in [6.45, 7) is 0. The maximum Gasteiger partial charge on any atom is 0.309 e. The van der Waals surface area contributed by atoms with Gasteiger partial charge in [0.2, 0.25) is 0 Å². The van der Waals surface area contributed by atoms with Crippen molar-refractivity contribution in [3.05, 3.63) is 11.6 Å². The molecular formula is C11H13NO4. The Morgan fingerprint density at radius 1 is 1.31 bits per heavy atom. The van der Waals surface area contributed by atoms with Crippen molar-refractivity contribution in [3.63, 3.8) is 0 Å². The summed E-state index contributed by atoms with van der Waals surface area (Å²) in [6.07, 6.45) is 2.25. The Balaban J connectivity index is 2.91. The fraction of sp³-hybridized carbons (Fsp3) is 0.545. The van der Waals surface area contributed by atoms with Crippen LogP contribution in [0.1, 0.15) is 12.8 Å². The van der Waals surface area contributed by atoms with Gasteiger partial charge in [-0.1, -0.05) is 6.08 Å². The first kappa shape index (κ1) is 12.2. The zero-order chi connectivity index (χ0) is 12.1. The Bertz CT molecular complexity index is 367. The number of methoxy groups -OCH3 is 2. The van der Waals surface area contributed by atoms with E-state index in [1.807, 2.05) is 6.07 Å². The van der Waals surface area contributed by atoms with Crippen LogP contribution in [0.3, 0.4) is 0 Å². The summed E-state index contributed by atoms with van der Waals surface area (Å²) >= 11 is 0. The van der Waals surface area contributed by atoms with E-state index < -0.39 is 23.8 Å². The molecule has 86 valence electrons. The molecule has 1 rings (SSSR count). The van der Waals surface area contributed by atoms with E-state index in [2.05, 4.69) is 9.47 Å². The standard InChI is InChI=1S/C11H13NO4/c1-15-10(13)8-4-3-7(6-12)5-9(8)11(14)16-2/h3,8-9H,4-5H2,1-2H3. The van der Waals surface area contributed by atoms with Crippen LogP contribution < -0.4 is 0 Å². The van der Waals surface area contributed by atoms with E-state index in [0.717, 1.165) is 0 Å². The second kappa shape index (κ2) is 5.31. The molecular weight excluding hydrogens is 210 g/mol. The van der Waals surface area contributed by atoms with Gasteiger partial charge in [-0.25, -0.2) is 0 Å². The van der Waals surface area contributed by atoms with Gasteiger partial charge in [-0.15, -0.1) is 0 Å². The summed E-state index contributed by atoms with van der Waals surface area (Å²) in [6, 6.07) is 1.99. The molecule has 1 aliphatic rings. The fourth-order valence-corrected chi connectivity index (χ4v) is 1.80. The highest BCUT2D eigenvalue weighted by Gasteiger charge is 2.37. The van der Waals surface area contributed by atoms with Crippen molar-refractivity contribution in [2.45, 2.75) is 12.8 Å². The number of nitriles is 1. The lowest BCUT2D eigenvalue weighted by Gasteiger charge is -2.25. The number of esters is 2. The summed E-state index contributed by atoms with van der Waals surface area (Å²) in [4.78, 5) is 22.9. The molecule has 5 heteroatoms. The van der Waals surface area contributed by atoms with Gasteiger partial charge in [-0.3, -0.25) is 9.59 Å². The molecule has 0 aromatic carbocycles. The molecule has 2 atom stereocenters. The molecule has 0 heterocycles. The molecule has 16 heavy (non-hydrogen) atoms. The summed E-state index contributed by atoms with van der Waals surface area (Å²) < 4.78 is 9.25. The van der Waals surface area contributed by atoms with E-state index >= 15 is 0 Å². The summed E-state index contributed by atoms with van der Waals surface area (Å²) in [5.74, 6) is -2.08. The maximum absolute atomic E-state index is 11.5. The van der Waals surface area contributed by atoms with E-state index in [9.17, 15) is 9.59 Å². The Labute approximate surface area is 93.6 Å². The van der Waals surface area contributed by atoms with Gasteiger partial charge < -0.3 is 9.47 Å². The van der Waals surface area contributed by atoms with Gasteiger partial charge in [0.15, 0.2) is 0 Å². The Morgan fingerprint density at radius 3 is 2.38 bits per heavy atom. The van der Waals surface area contributed by atoms with Gasteiger partial charge in [-0.05, 0) is 12.8 Å². The minimum atomic E-state index is -0.614. The van der Waals surface area contributed by atoms with Crippen LogP contribution >= 0.6 is 0 Å². The van der Waals surface area contributed by atoms with Crippen LogP contribution in [-0.2, 0) is 19.1 Å². The molecule has 0 fully saturated rings. The monoisotopic (exact) mass is 223 g/mol. The number of carbonyl (C=O) groups excluding carboxylic acids is 2. The highest BCUT2D eigenvalue weighted by Crippen LogP contribution is 2.31. The molecule has 0 aromatic rings. The minimum Gasteiger partial charge on any atom is -0.469 e. The zero-order valence-corrected chi connectivity index (χ0v) is 9.23. The van der Waals surface area contributed by atoms with Crippen LogP contribution in [0, 0.1) is 23.2 Å². The second-order valence-electron chi connectivity index (χ2n) is 3.54. The average molecular weight is 223 g/mol. The predicted molar refractivity (Wildman–Crippen MR) is 53.9 cm³/mol. The average Bonchev–Trinajstić information content (AvgIpc) is 2.36. The Morgan fingerprint density at radius 2 is 1.88 bits per heavy atom. The van der Waals surface area contributed by atoms with Crippen molar-refractivity contribution < 1.29 is 19.1 Å². The van der Waals surface area contributed by atoms with Crippen LogP contribution in [-0.4, -0.2) is 26.2 Å². The van der Waals surface area contributed by atoms with Crippen LogP contribution in [0.25, 0.3) is 0 Å². The highest BCUT2D eigenvalue weighted by atomic mass is 16.5.